The molecule has 3 heterocycles. The zero-order valence-electron chi connectivity index (χ0n) is 11.3. The highest BCUT2D eigenvalue weighted by Crippen LogP contribution is 2.45. The normalized spacial score (nSPS) is 19.9. The molecule has 0 fully saturated rings. The Morgan fingerprint density at radius 1 is 1.43 bits per heavy atom. The number of aromatic nitrogens is 2. The molecule has 2 aliphatic heterocycles. The fraction of sp³-hybridized carbons (Fsp3) is 0.200. The Kier molecular flexibility index (Phi) is 2.35. The minimum Gasteiger partial charge on any atom is -0.508 e. The SMILES string of the molecule is Cc1[nH]nc2c1[C@@H](c1cccc(O)c1)C1=C(COC1=O)N2. The number of aromatic hydroxyl groups is 1. The predicted octanol–water partition coefficient (Wildman–Crippen LogP) is 1.79. The van der Waals surface area contributed by atoms with Crippen molar-refractivity contribution in [2.75, 3.05) is 11.9 Å². The molecule has 4 rings (SSSR count). The molecule has 6 nitrogen and oxygen atoms in total. The lowest BCUT2D eigenvalue weighted by molar-refractivity contribution is -0.136. The van der Waals surface area contributed by atoms with Crippen LogP contribution in [0, 0.1) is 6.92 Å². The van der Waals surface area contributed by atoms with Crippen LogP contribution in [0.3, 0.4) is 0 Å². The number of rotatable bonds is 1. The number of hydrogen-bond donors (Lipinski definition) is 3. The molecule has 0 saturated heterocycles. The summed E-state index contributed by atoms with van der Waals surface area (Å²) in [6, 6.07) is 6.93. The van der Waals surface area contributed by atoms with E-state index in [2.05, 4.69) is 15.5 Å². The van der Waals surface area contributed by atoms with Gasteiger partial charge in [-0.2, -0.15) is 5.10 Å². The number of nitrogens with one attached hydrogen (secondary N) is 2. The van der Waals surface area contributed by atoms with Crippen molar-refractivity contribution >= 4 is 11.8 Å². The average Bonchev–Trinajstić information content (AvgIpc) is 3.02. The Hall–Kier alpha value is -2.76. The molecule has 0 aliphatic carbocycles. The van der Waals surface area contributed by atoms with Crippen LogP contribution in [-0.2, 0) is 9.53 Å². The van der Waals surface area contributed by atoms with E-state index in [9.17, 15) is 9.90 Å². The number of benzene rings is 1. The van der Waals surface area contributed by atoms with E-state index < -0.39 is 0 Å². The number of nitrogens with zero attached hydrogens (tertiary/aromatic N) is 1. The van der Waals surface area contributed by atoms with Gasteiger partial charge in [0, 0.05) is 17.2 Å². The largest absolute Gasteiger partial charge is 0.508 e. The second-order valence-electron chi connectivity index (χ2n) is 5.23. The number of aryl methyl sites for hydroxylation is 1. The van der Waals surface area contributed by atoms with E-state index in [0.717, 1.165) is 22.5 Å². The Labute approximate surface area is 120 Å². The van der Waals surface area contributed by atoms with Gasteiger partial charge >= 0.3 is 5.97 Å². The summed E-state index contributed by atoms with van der Waals surface area (Å²) in [5.41, 5.74) is 3.98. The number of anilines is 1. The maximum absolute atomic E-state index is 12.1. The van der Waals surface area contributed by atoms with Crippen LogP contribution in [0.2, 0.25) is 0 Å². The highest BCUT2D eigenvalue weighted by Gasteiger charge is 2.40. The molecule has 0 spiro atoms. The Morgan fingerprint density at radius 3 is 3.10 bits per heavy atom. The summed E-state index contributed by atoms with van der Waals surface area (Å²) in [6.07, 6.45) is 0. The van der Waals surface area contributed by atoms with E-state index in [-0.39, 0.29) is 24.2 Å². The van der Waals surface area contributed by atoms with Crippen molar-refractivity contribution in [1.82, 2.24) is 10.2 Å². The number of hydrogen-bond acceptors (Lipinski definition) is 5. The van der Waals surface area contributed by atoms with Crippen molar-refractivity contribution < 1.29 is 14.6 Å². The second kappa shape index (κ2) is 4.12. The molecule has 21 heavy (non-hydrogen) atoms. The van der Waals surface area contributed by atoms with Gasteiger partial charge < -0.3 is 15.2 Å². The molecular formula is C15H13N3O3. The highest BCUT2D eigenvalue weighted by atomic mass is 16.5. The fourth-order valence-electron chi connectivity index (χ4n) is 3.02. The summed E-state index contributed by atoms with van der Waals surface area (Å²) in [4.78, 5) is 12.1. The van der Waals surface area contributed by atoms with E-state index >= 15 is 0 Å². The van der Waals surface area contributed by atoms with Crippen LogP contribution in [0.4, 0.5) is 5.82 Å². The maximum atomic E-state index is 12.1. The van der Waals surface area contributed by atoms with Crippen LogP contribution in [0.15, 0.2) is 35.5 Å². The third kappa shape index (κ3) is 1.65. The molecule has 3 N–H and O–H groups in total. The molecule has 0 unspecified atom stereocenters. The standard InChI is InChI=1S/C15H13N3O3/c1-7-11-12(8-3-2-4-9(19)5-8)13-10(6-21-15(13)20)16-14(11)18-17-7/h2-5,12,19H,6H2,1H3,(H2,16,17,18)/t12-/m1/s1. The van der Waals surface area contributed by atoms with Gasteiger partial charge in [-0.25, -0.2) is 4.79 Å². The molecule has 1 atom stereocenters. The summed E-state index contributed by atoms with van der Waals surface area (Å²) in [5, 5.41) is 20.1. The number of phenolic OH excluding ortho intramolecular Hbond substituents is 1. The molecule has 0 bridgehead atoms. The summed E-state index contributed by atoms with van der Waals surface area (Å²) >= 11 is 0. The molecule has 2 aliphatic rings. The first kappa shape index (κ1) is 12.0. The van der Waals surface area contributed by atoms with E-state index in [0.29, 0.717) is 11.4 Å². The molecule has 1 aromatic heterocycles. The first-order valence-corrected chi connectivity index (χ1v) is 6.66. The van der Waals surface area contributed by atoms with Gasteiger partial charge in [-0.05, 0) is 24.6 Å². The summed E-state index contributed by atoms with van der Waals surface area (Å²) in [6.45, 7) is 2.14. The zero-order chi connectivity index (χ0) is 14.6. The van der Waals surface area contributed by atoms with Crippen molar-refractivity contribution in [3.63, 3.8) is 0 Å². The number of cyclic esters (lactones) is 1. The Morgan fingerprint density at radius 2 is 2.29 bits per heavy atom. The van der Waals surface area contributed by atoms with Gasteiger partial charge in [0.15, 0.2) is 5.82 Å². The summed E-state index contributed by atoms with van der Waals surface area (Å²) < 4.78 is 5.15. The molecule has 0 saturated carbocycles. The van der Waals surface area contributed by atoms with Gasteiger partial charge in [-0.3, -0.25) is 5.10 Å². The van der Waals surface area contributed by atoms with Crippen LogP contribution in [0.5, 0.6) is 5.75 Å². The van der Waals surface area contributed by atoms with E-state index in [4.69, 9.17) is 4.74 Å². The van der Waals surface area contributed by atoms with Crippen molar-refractivity contribution in [1.29, 1.82) is 0 Å². The third-order valence-corrected chi connectivity index (χ3v) is 3.94. The monoisotopic (exact) mass is 283 g/mol. The van der Waals surface area contributed by atoms with Gasteiger partial charge in [0.25, 0.3) is 0 Å². The van der Waals surface area contributed by atoms with Crippen molar-refractivity contribution in [3.05, 3.63) is 52.4 Å². The molecule has 1 aromatic carbocycles. The predicted molar refractivity (Wildman–Crippen MR) is 74.9 cm³/mol. The number of esters is 1. The first-order chi connectivity index (χ1) is 10.1. The van der Waals surface area contributed by atoms with Gasteiger partial charge in [0.2, 0.25) is 0 Å². The van der Waals surface area contributed by atoms with E-state index in [1.165, 1.54) is 0 Å². The Bertz CT molecular complexity index is 791. The number of aromatic amines is 1. The highest BCUT2D eigenvalue weighted by molar-refractivity contribution is 5.97. The van der Waals surface area contributed by atoms with E-state index in [1.54, 1.807) is 18.2 Å². The maximum Gasteiger partial charge on any atom is 0.337 e. The number of H-pyrrole nitrogens is 1. The number of fused-ring (bicyclic) bond motifs is 1. The number of carbonyl (C=O) groups excluding carboxylic acids is 1. The smallest absolute Gasteiger partial charge is 0.337 e. The van der Waals surface area contributed by atoms with Crippen molar-refractivity contribution in [2.45, 2.75) is 12.8 Å². The van der Waals surface area contributed by atoms with Crippen LogP contribution in [-0.4, -0.2) is 27.9 Å². The fourth-order valence-corrected chi connectivity index (χ4v) is 3.02. The van der Waals surface area contributed by atoms with Crippen molar-refractivity contribution in [2.24, 2.45) is 0 Å². The lowest BCUT2D eigenvalue weighted by atomic mass is 9.82. The molecule has 0 amide bonds. The quantitative estimate of drug-likeness (QED) is 0.695. The second-order valence-corrected chi connectivity index (χ2v) is 5.23. The van der Waals surface area contributed by atoms with Crippen LogP contribution in [0.25, 0.3) is 0 Å². The topological polar surface area (TPSA) is 87.2 Å². The molecule has 6 heteroatoms. The third-order valence-electron chi connectivity index (χ3n) is 3.94. The van der Waals surface area contributed by atoms with Crippen molar-refractivity contribution in [3.8, 4) is 5.75 Å². The first-order valence-electron chi connectivity index (χ1n) is 6.66. The molecule has 0 radical (unpaired) electrons. The van der Waals surface area contributed by atoms with Crippen LogP contribution in [0.1, 0.15) is 22.7 Å². The molecule has 2 aromatic rings. The minimum absolute atomic E-state index is 0.169. The van der Waals surface area contributed by atoms with Gasteiger partial charge in [-0.15, -0.1) is 0 Å². The van der Waals surface area contributed by atoms with E-state index in [1.807, 2.05) is 13.0 Å². The minimum atomic E-state index is -0.322. The average molecular weight is 283 g/mol. The number of phenols is 1. The van der Waals surface area contributed by atoms with Gasteiger partial charge in [0.1, 0.15) is 12.4 Å². The zero-order valence-corrected chi connectivity index (χ0v) is 11.3. The molecular weight excluding hydrogens is 270 g/mol. The lowest BCUT2D eigenvalue weighted by Gasteiger charge is -2.24. The summed E-state index contributed by atoms with van der Waals surface area (Å²) in [5.74, 6) is 0.273. The molecule has 106 valence electrons. The van der Waals surface area contributed by atoms with Crippen LogP contribution >= 0.6 is 0 Å². The number of carbonyl (C=O) groups is 1. The summed E-state index contributed by atoms with van der Waals surface area (Å²) in [7, 11) is 0. The van der Waals surface area contributed by atoms with Gasteiger partial charge in [0.05, 0.1) is 11.3 Å². The lowest BCUT2D eigenvalue weighted by Crippen LogP contribution is -2.19. The Balaban J connectivity index is 1.96. The van der Waals surface area contributed by atoms with Crippen LogP contribution < -0.4 is 5.32 Å². The van der Waals surface area contributed by atoms with Gasteiger partial charge in [-0.1, -0.05) is 12.1 Å². The number of ether oxygens (including phenoxy) is 1.